The highest BCUT2D eigenvalue weighted by molar-refractivity contribution is 6.01. The summed E-state index contributed by atoms with van der Waals surface area (Å²) < 4.78 is 0. The lowest BCUT2D eigenvalue weighted by Gasteiger charge is -2.12. The Morgan fingerprint density at radius 1 is 1.53 bits per heavy atom. The summed E-state index contributed by atoms with van der Waals surface area (Å²) in [4.78, 5) is 16.0. The molecule has 2 rings (SSSR count). The Kier molecular flexibility index (Phi) is 2.47. The third kappa shape index (κ3) is 1.62. The van der Waals surface area contributed by atoms with E-state index in [4.69, 9.17) is 0 Å². The van der Waals surface area contributed by atoms with Crippen LogP contribution in [0.3, 0.4) is 0 Å². The number of hydrogen-bond acceptors (Lipinski definition) is 2. The van der Waals surface area contributed by atoms with Crippen LogP contribution in [-0.2, 0) is 11.2 Å². The van der Waals surface area contributed by atoms with Crippen LogP contribution < -0.4 is 5.32 Å². The van der Waals surface area contributed by atoms with Crippen LogP contribution in [0.15, 0.2) is 12.3 Å². The maximum absolute atomic E-state index is 11.7. The lowest BCUT2D eigenvalue weighted by atomic mass is 9.90. The first-order valence-corrected chi connectivity index (χ1v) is 5.43. The van der Waals surface area contributed by atoms with Crippen molar-refractivity contribution in [2.75, 3.05) is 5.32 Å². The molecule has 1 aromatic heterocycles. The van der Waals surface area contributed by atoms with E-state index in [1.807, 2.05) is 6.20 Å². The second-order valence-electron chi connectivity index (χ2n) is 4.35. The Labute approximate surface area is 89.9 Å². The number of pyridine rings is 1. The molecule has 0 aliphatic carbocycles. The zero-order valence-corrected chi connectivity index (χ0v) is 9.37. The largest absolute Gasteiger partial charge is 0.310 e. The van der Waals surface area contributed by atoms with Crippen molar-refractivity contribution in [3.8, 4) is 0 Å². The number of amides is 1. The maximum Gasteiger partial charge on any atom is 0.233 e. The van der Waals surface area contributed by atoms with E-state index in [9.17, 15) is 4.79 Å². The van der Waals surface area contributed by atoms with Gasteiger partial charge in [-0.3, -0.25) is 4.79 Å². The minimum atomic E-state index is -0.0287. The van der Waals surface area contributed by atoms with Crippen molar-refractivity contribution < 1.29 is 4.79 Å². The van der Waals surface area contributed by atoms with Gasteiger partial charge in [0.15, 0.2) is 0 Å². The minimum Gasteiger partial charge on any atom is -0.310 e. The molecule has 1 aliphatic rings. The highest BCUT2D eigenvalue weighted by Crippen LogP contribution is 2.36. The fourth-order valence-electron chi connectivity index (χ4n) is 2.06. The van der Waals surface area contributed by atoms with E-state index in [0.29, 0.717) is 5.92 Å². The molecule has 0 saturated heterocycles. The van der Waals surface area contributed by atoms with Gasteiger partial charge in [0.2, 0.25) is 5.91 Å². The zero-order chi connectivity index (χ0) is 11.0. The van der Waals surface area contributed by atoms with E-state index in [1.165, 1.54) is 5.56 Å². The van der Waals surface area contributed by atoms with Crippen LogP contribution in [0.5, 0.6) is 0 Å². The average Bonchev–Trinajstić information content (AvgIpc) is 2.52. The molecule has 3 nitrogen and oxygen atoms in total. The quantitative estimate of drug-likeness (QED) is 0.803. The molecule has 3 heteroatoms. The number of aryl methyl sites for hydroxylation is 1. The van der Waals surface area contributed by atoms with Crippen LogP contribution in [0.1, 0.15) is 37.8 Å². The van der Waals surface area contributed by atoms with Crippen molar-refractivity contribution in [3.05, 3.63) is 23.4 Å². The highest BCUT2D eigenvalue weighted by Gasteiger charge is 2.33. The Hall–Kier alpha value is -1.38. The summed E-state index contributed by atoms with van der Waals surface area (Å²) in [5.41, 5.74) is 2.25. The Balaban J connectivity index is 2.46. The summed E-state index contributed by atoms with van der Waals surface area (Å²) in [6.45, 7) is 6.23. The first-order valence-electron chi connectivity index (χ1n) is 5.43. The number of aromatic nitrogens is 1. The predicted molar refractivity (Wildman–Crippen MR) is 59.8 cm³/mol. The number of nitrogens with zero attached hydrogens (tertiary/aromatic N) is 1. The fraction of sp³-hybridized carbons (Fsp3) is 0.500. The molecule has 1 atom stereocenters. The van der Waals surface area contributed by atoms with Gasteiger partial charge in [-0.15, -0.1) is 0 Å². The minimum absolute atomic E-state index is 0.0287. The summed E-state index contributed by atoms with van der Waals surface area (Å²) in [6, 6.07) is 2.10. The van der Waals surface area contributed by atoms with E-state index < -0.39 is 0 Å². The molecule has 2 heterocycles. The molecule has 1 N–H and O–H groups in total. The van der Waals surface area contributed by atoms with Crippen LogP contribution >= 0.6 is 0 Å². The number of carbonyl (C=O) groups excluding carboxylic acids is 1. The molecule has 15 heavy (non-hydrogen) atoms. The van der Waals surface area contributed by atoms with Gasteiger partial charge >= 0.3 is 0 Å². The van der Waals surface area contributed by atoms with Crippen molar-refractivity contribution >= 4 is 11.7 Å². The van der Waals surface area contributed by atoms with Gasteiger partial charge in [0.1, 0.15) is 5.82 Å². The molecule has 0 radical (unpaired) electrons. The number of carbonyl (C=O) groups is 1. The average molecular weight is 204 g/mol. The summed E-state index contributed by atoms with van der Waals surface area (Å²) in [5.74, 6) is 1.12. The van der Waals surface area contributed by atoms with Crippen LogP contribution in [0.4, 0.5) is 5.82 Å². The van der Waals surface area contributed by atoms with E-state index in [2.05, 4.69) is 37.1 Å². The lowest BCUT2D eigenvalue weighted by Crippen LogP contribution is -2.16. The molecule has 1 aromatic rings. The number of nitrogens with one attached hydrogen (secondary N) is 1. The van der Waals surface area contributed by atoms with Gasteiger partial charge in [0, 0.05) is 11.8 Å². The second-order valence-corrected chi connectivity index (χ2v) is 4.35. The molecule has 0 aromatic carbocycles. The number of hydrogen-bond donors (Lipinski definition) is 1. The van der Waals surface area contributed by atoms with Crippen LogP contribution in [-0.4, -0.2) is 10.9 Å². The van der Waals surface area contributed by atoms with Crippen LogP contribution in [0, 0.1) is 5.92 Å². The van der Waals surface area contributed by atoms with Gasteiger partial charge in [-0.05, 0) is 24.0 Å². The van der Waals surface area contributed by atoms with Gasteiger partial charge in [0.25, 0.3) is 0 Å². The van der Waals surface area contributed by atoms with Gasteiger partial charge < -0.3 is 5.32 Å². The van der Waals surface area contributed by atoms with Crippen LogP contribution in [0.25, 0.3) is 0 Å². The second kappa shape index (κ2) is 3.65. The summed E-state index contributed by atoms with van der Waals surface area (Å²) in [6.07, 6.45) is 2.79. The highest BCUT2D eigenvalue weighted by atomic mass is 16.2. The molecule has 1 amide bonds. The maximum atomic E-state index is 11.7. The molecule has 0 saturated carbocycles. The molecule has 1 aliphatic heterocycles. The summed E-state index contributed by atoms with van der Waals surface area (Å²) in [7, 11) is 0. The van der Waals surface area contributed by atoms with E-state index >= 15 is 0 Å². The summed E-state index contributed by atoms with van der Waals surface area (Å²) >= 11 is 0. The van der Waals surface area contributed by atoms with E-state index in [0.717, 1.165) is 17.8 Å². The monoisotopic (exact) mass is 204 g/mol. The zero-order valence-electron chi connectivity index (χ0n) is 9.37. The van der Waals surface area contributed by atoms with Gasteiger partial charge in [-0.2, -0.15) is 0 Å². The third-order valence-corrected chi connectivity index (χ3v) is 2.91. The molecule has 1 unspecified atom stereocenters. The van der Waals surface area contributed by atoms with Gasteiger partial charge in [0.05, 0.1) is 5.92 Å². The van der Waals surface area contributed by atoms with E-state index in [-0.39, 0.29) is 11.8 Å². The first-order chi connectivity index (χ1) is 7.13. The van der Waals surface area contributed by atoms with E-state index in [1.54, 1.807) is 0 Å². The number of rotatable bonds is 2. The molecule has 0 fully saturated rings. The fourth-order valence-corrected chi connectivity index (χ4v) is 2.06. The van der Waals surface area contributed by atoms with Crippen molar-refractivity contribution in [1.82, 2.24) is 4.98 Å². The summed E-state index contributed by atoms with van der Waals surface area (Å²) in [5, 5.41) is 2.83. The number of anilines is 1. The molecule has 80 valence electrons. The molecular formula is C12H16N2O. The molecule has 0 spiro atoms. The topological polar surface area (TPSA) is 42.0 Å². The Morgan fingerprint density at radius 3 is 2.87 bits per heavy atom. The Morgan fingerprint density at radius 2 is 2.27 bits per heavy atom. The molecular weight excluding hydrogens is 188 g/mol. The van der Waals surface area contributed by atoms with Crippen molar-refractivity contribution in [2.24, 2.45) is 5.92 Å². The predicted octanol–water partition coefficient (Wildman–Crippen LogP) is 2.34. The normalized spacial score (nSPS) is 19.2. The molecule has 0 bridgehead atoms. The van der Waals surface area contributed by atoms with Gasteiger partial charge in [-0.1, -0.05) is 20.8 Å². The van der Waals surface area contributed by atoms with Crippen molar-refractivity contribution in [1.29, 1.82) is 0 Å². The van der Waals surface area contributed by atoms with Crippen molar-refractivity contribution in [2.45, 2.75) is 33.1 Å². The standard InChI is InChI=1S/C12H16N2O/c1-4-8-5-9-10(7(2)3)12(15)14-11(9)13-6-8/h5-7,10H,4H2,1-3H3,(H,13,14,15). The Bertz CT molecular complexity index is 399. The first kappa shape index (κ1) is 10.1. The SMILES string of the molecule is CCc1cnc2c(c1)C(C(C)C)C(=O)N2. The van der Waals surface area contributed by atoms with Crippen molar-refractivity contribution in [3.63, 3.8) is 0 Å². The number of fused-ring (bicyclic) bond motifs is 1. The van der Waals surface area contributed by atoms with Crippen LogP contribution in [0.2, 0.25) is 0 Å². The smallest absolute Gasteiger partial charge is 0.233 e. The third-order valence-electron chi connectivity index (χ3n) is 2.91. The van der Waals surface area contributed by atoms with Gasteiger partial charge in [-0.25, -0.2) is 4.98 Å². The lowest BCUT2D eigenvalue weighted by molar-refractivity contribution is -0.117.